The third-order valence-corrected chi connectivity index (χ3v) is 3.92. The molecule has 0 unspecified atom stereocenters. The Kier molecular flexibility index (Phi) is 4.81. The fourth-order valence-corrected chi connectivity index (χ4v) is 2.45. The molecule has 8 heteroatoms. The number of nitrogen functional groups attached to an aromatic ring is 1. The van der Waals surface area contributed by atoms with E-state index in [9.17, 15) is 4.79 Å². The van der Waals surface area contributed by atoms with Crippen molar-refractivity contribution in [1.82, 2.24) is 15.1 Å². The van der Waals surface area contributed by atoms with E-state index in [4.69, 9.17) is 10.3 Å². The zero-order chi connectivity index (χ0) is 19.6. The Hall–Kier alpha value is -3.42. The number of aromatic nitrogens is 3. The van der Waals surface area contributed by atoms with Gasteiger partial charge in [0.1, 0.15) is 17.4 Å². The summed E-state index contributed by atoms with van der Waals surface area (Å²) in [5.74, 6) is 1.92. The highest BCUT2D eigenvalue weighted by Gasteiger charge is 2.20. The summed E-state index contributed by atoms with van der Waals surface area (Å²) < 4.78 is 5.25. The first-order valence-corrected chi connectivity index (χ1v) is 8.47. The molecule has 3 aromatic rings. The molecule has 140 valence electrons. The molecule has 0 radical (unpaired) electrons. The van der Waals surface area contributed by atoms with Crippen LogP contribution in [0.25, 0.3) is 11.1 Å². The molecule has 0 bridgehead atoms. The van der Waals surface area contributed by atoms with Crippen molar-refractivity contribution in [2.75, 3.05) is 16.4 Å². The molecular weight excluding hydrogens is 344 g/mol. The number of carbonyl (C=O) groups excluding carboxylic acids is 1. The molecule has 0 aliphatic heterocycles. The maximum atomic E-state index is 12.2. The van der Waals surface area contributed by atoms with Crippen LogP contribution >= 0.6 is 0 Å². The number of nitrogens with two attached hydrogens (primary N) is 1. The third kappa shape index (κ3) is 4.41. The van der Waals surface area contributed by atoms with E-state index in [1.807, 2.05) is 39.8 Å². The van der Waals surface area contributed by atoms with Gasteiger partial charge >= 0.3 is 6.03 Å². The van der Waals surface area contributed by atoms with E-state index in [1.165, 1.54) is 0 Å². The van der Waals surface area contributed by atoms with Crippen LogP contribution in [0.5, 0.6) is 0 Å². The minimum Gasteiger partial charge on any atom is -0.384 e. The van der Waals surface area contributed by atoms with E-state index >= 15 is 0 Å². The van der Waals surface area contributed by atoms with Gasteiger partial charge in [0, 0.05) is 34.5 Å². The molecule has 2 amide bonds. The van der Waals surface area contributed by atoms with Crippen LogP contribution in [0.3, 0.4) is 0 Å². The minimum atomic E-state index is -0.447. The first kappa shape index (κ1) is 18.4. The van der Waals surface area contributed by atoms with Crippen LogP contribution in [0, 0.1) is 6.92 Å². The molecule has 27 heavy (non-hydrogen) atoms. The summed E-state index contributed by atoms with van der Waals surface area (Å²) in [5.41, 5.74) is 8.01. The topological polar surface area (TPSA) is 119 Å². The maximum absolute atomic E-state index is 12.2. The maximum Gasteiger partial charge on any atom is 0.326 e. The van der Waals surface area contributed by atoms with Crippen LogP contribution in [0.1, 0.15) is 32.2 Å². The number of carbonyl (C=O) groups is 1. The Morgan fingerprint density at radius 2 is 1.85 bits per heavy atom. The number of nitrogens with one attached hydrogen (secondary N) is 2. The van der Waals surface area contributed by atoms with Gasteiger partial charge in [0.25, 0.3) is 0 Å². The summed E-state index contributed by atoms with van der Waals surface area (Å²) >= 11 is 0. The molecule has 0 atom stereocenters. The number of nitrogens with zero attached hydrogens (tertiary/aromatic N) is 3. The van der Waals surface area contributed by atoms with E-state index in [1.54, 1.807) is 24.4 Å². The molecule has 8 nitrogen and oxygen atoms in total. The van der Waals surface area contributed by atoms with Crippen LogP contribution in [-0.2, 0) is 5.41 Å². The predicted molar refractivity (Wildman–Crippen MR) is 104 cm³/mol. The molecule has 3 heterocycles. The third-order valence-electron chi connectivity index (χ3n) is 3.92. The molecule has 0 spiro atoms. The second kappa shape index (κ2) is 7.06. The van der Waals surface area contributed by atoms with Gasteiger partial charge in [-0.2, -0.15) is 0 Å². The highest BCUT2D eigenvalue weighted by Crippen LogP contribution is 2.25. The normalized spacial score (nSPS) is 11.3. The van der Waals surface area contributed by atoms with E-state index in [-0.39, 0.29) is 5.41 Å². The van der Waals surface area contributed by atoms with Crippen molar-refractivity contribution in [3.63, 3.8) is 0 Å². The van der Waals surface area contributed by atoms with Crippen molar-refractivity contribution in [2.24, 2.45) is 0 Å². The number of hydrogen-bond acceptors (Lipinski definition) is 6. The smallest absolute Gasteiger partial charge is 0.326 e. The molecule has 0 saturated carbocycles. The van der Waals surface area contributed by atoms with Crippen molar-refractivity contribution in [2.45, 2.75) is 33.1 Å². The molecule has 0 aromatic carbocycles. The number of aryl methyl sites for hydroxylation is 1. The Morgan fingerprint density at radius 1 is 1.11 bits per heavy atom. The molecule has 0 aliphatic rings. The van der Waals surface area contributed by atoms with Crippen molar-refractivity contribution in [3.05, 3.63) is 48.0 Å². The van der Waals surface area contributed by atoms with Gasteiger partial charge in [-0.3, -0.25) is 10.6 Å². The summed E-state index contributed by atoms with van der Waals surface area (Å²) in [7, 11) is 0. The second-order valence-corrected chi connectivity index (χ2v) is 7.21. The number of pyridine rings is 2. The zero-order valence-electron chi connectivity index (χ0n) is 15.7. The van der Waals surface area contributed by atoms with Crippen molar-refractivity contribution in [1.29, 1.82) is 0 Å². The van der Waals surface area contributed by atoms with E-state index in [2.05, 4.69) is 25.8 Å². The van der Waals surface area contributed by atoms with Gasteiger partial charge in [-0.05, 0) is 31.2 Å². The van der Waals surface area contributed by atoms with Crippen LogP contribution in [0.4, 0.5) is 22.2 Å². The summed E-state index contributed by atoms with van der Waals surface area (Å²) in [6.07, 6.45) is 1.69. The quantitative estimate of drug-likeness (QED) is 0.645. The Balaban J connectivity index is 1.68. The minimum absolute atomic E-state index is 0.186. The Bertz CT molecular complexity index is 957. The fourth-order valence-electron chi connectivity index (χ4n) is 2.45. The van der Waals surface area contributed by atoms with Crippen molar-refractivity contribution < 1.29 is 9.32 Å². The van der Waals surface area contributed by atoms with Gasteiger partial charge < -0.3 is 10.3 Å². The zero-order valence-corrected chi connectivity index (χ0v) is 15.7. The summed E-state index contributed by atoms with van der Waals surface area (Å²) in [6, 6.07) is 8.47. The fraction of sp³-hybridized carbons (Fsp3) is 0.263. The highest BCUT2D eigenvalue weighted by molar-refractivity contribution is 5.98. The SMILES string of the molecule is Cc1nc(NC(=O)Nc2cc(C(C)(C)C)on2)ccc1-c1ccc(N)nc1. The van der Waals surface area contributed by atoms with Crippen LogP contribution in [0.15, 0.2) is 41.1 Å². The lowest BCUT2D eigenvalue weighted by atomic mass is 9.93. The number of amides is 2. The van der Waals surface area contributed by atoms with E-state index in [0.717, 1.165) is 16.8 Å². The first-order valence-electron chi connectivity index (χ1n) is 8.47. The van der Waals surface area contributed by atoms with Crippen LogP contribution in [-0.4, -0.2) is 21.2 Å². The van der Waals surface area contributed by atoms with Gasteiger partial charge in [-0.1, -0.05) is 25.9 Å². The lowest BCUT2D eigenvalue weighted by Gasteiger charge is -2.12. The summed E-state index contributed by atoms with van der Waals surface area (Å²) in [6.45, 7) is 7.87. The first-order chi connectivity index (χ1) is 12.7. The monoisotopic (exact) mass is 366 g/mol. The molecule has 4 N–H and O–H groups in total. The number of urea groups is 1. The van der Waals surface area contributed by atoms with E-state index in [0.29, 0.717) is 23.2 Å². The van der Waals surface area contributed by atoms with Crippen LogP contribution < -0.4 is 16.4 Å². The van der Waals surface area contributed by atoms with Crippen LogP contribution in [0.2, 0.25) is 0 Å². The molecule has 0 aliphatic carbocycles. The lowest BCUT2D eigenvalue weighted by Crippen LogP contribution is -2.20. The van der Waals surface area contributed by atoms with Gasteiger partial charge in [0.15, 0.2) is 5.82 Å². The molecule has 3 rings (SSSR count). The lowest BCUT2D eigenvalue weighted by molar-refractivity contribution is 0.261. The largest absolute Gasteiger partial charge is 0.384 e. The van der Waals surface area contributed by atoms with Gasteiger partial charge in [-0.25, -0.2) is 14.8 Å². The number of hydrogen-bond donors (Lipinski definition) is 3. The van der Waals surface area contributed by atoms with Crippen molar-refractivity contribution >= 4 is 23.5 Å². The molecule has 0 saturated heterocycles. The molecule has 0 fully saturated rings. The highest BCUT2D eigenvalue weighted by atomic mass is 16.5. The average Bonchev–Trinajstić information content (AvgIpc) is 3.05. The average molecular weight is 366 g/mol. The standard InChI is InChI=1S/C19H22N6O2/c1-11-13(12-5-7-15(20)21-10-12)6-8-16(22-11)23-18(26)24-17-9-14(27-25-17)19(2,3)4/h5-10H,1-4H3,(H2,20,21)(H2,22,23,24,25,26). The Morgan fingerprint density at radius 3 is 2.44 bits per heavy atom. The number of rotatable bonds is 3. The Labute approximate surface area is 157 Å². The van der Waals surface area contributed by atoms with Gasteiger partial charge in [0.2, 0.25) is 0 Å². The van der Waals surface area contributed by atoms with Gasteiger partial charge in [-0.15, -0.1) is 0 Å². The summed E-state index contributed by atoms with van der Waals surface area (Å²) in [5, 5.41) is 9.18. The molecular formula is C19H22N6O2. The van der Waals surface area contributed by atoms with Crippen molar-refractivity contribution in [3.8, 4) is 11.1 Å². The van der Waals surface area contributed by atoms with Gasteiger partial charge in [0.05, 0.1) is 0 Å². The number of anilines is 3. The van der Waals surface area contributed by atoms with E-state index < -0.39 is 6.03 Å². The molecule has 3 aromatic heterocycles. The predicted octanol–water partition coefficient (Wildman–Crippen LogP) is 3.96. The second-order valence-electron chi connectivity index (χ2n) is 7.21. The summed E-state index contributed by atoms with van der Waals surface area (Å²) in [4.78, 5) is 20.7.